The van der Waals surface area contributed by atoms with Crippen molar-refractivity contribution in [1.82, 2.24) is 15.1 Å². The predicted octanol–water partition coefficient (Wildman–Crippen LogP) is 0.386. The van der Waals surface area contributed by atoms with Crippen molar-refractivity contribution in [2.75, 3.05) is 31.6 Å². The fraction of sp³-hybridized carbons (Fsp3) is 0.615. The number of nitrogens with two attached hydrogens (primary N) is 1. The van der Waals surface area contributed by atoms with Crippen molar-refractivity contribution in [3.63, 3.8) is 0 Å². The molecule has 2 unspecified atom stereocenters. The number of nitrogens with zero attached hydrogens (tertiary/aromatic N) is 3. The van der Waals surface area contributed by atoms with Crippen molar-refractivity contribution in [3.05, 3.63) is 17.8 Å². The molecule has 2 atom stereocenters. The van der Waals surface area contributed by atoms with Gasteiger partial charge in [-0.3, -0.25) is 4.90 Å². The Morgan fingerprint density at radius 3 is 3.35 bits per heavy atom. The van der Waals surface area contributed by atoms with Crippen molar-refractivity contribution in [2.45, 2.75) is 25.0 Å². The van der Waals surface area contributed by atoms with Gasteiger partial charge in [0.2, 0.25) is 0 Å². The second-order valence-corrected chi connectivity index (χ2v) is 5.72. The zero-order valence-corrected chi connectivity index (χ0v) is 12.1. The zero-order chi connectivity index (χ0) is 13.9. The van der Waals surface area contributed by atoms with Crippen LogP contribution in [0.3, 0.4) is 0 Å². The number of nitrogens with one attached hydrogen (secondary N) is 1. The molecular formula is C13H19N5OS. The van der Waals surface area contributed by atoms with Crippen LogP contribution >= 0.6 is 12.2 Å². The normalized spacial score (nSPS) is 26.2. The van der Waals surface area contributed by atoms with E-state index in [1.165, 1.54) is 19.4 Å². The van der Waals surface area contributed by atoms with Gasteiger partial charge in [0.15, 0.2) is 5.82 Å². The summed E-state index contributed by atoms with van der Waals surface area (Å²) < 4.78 is 5.90. The highest BCUT2D eigenvalue weighted by molar-refractivity contribution is 7.80. The van der Waals surface area contributed by atoms with Crippen LogP contribution in [0.25, 0.3) is 0 Å². The fourth-order valence-corrected chi connectivity index (χ4v) is 3.05. The van der Waals surface area contributed by atoms with Gasteiger partial charge < -0.3 is 15.8 Å². The van der Waals surface area contributed by atoms with Crippen LogP contribution in [0.2, 0.25) is 0 Å². The van der Waals surface area contributed by atoms with E-state index in [2.05, 4.69) is 20.4 Å². The highest BCUT2D eigenvalue weighted by atomic mass is 32.1. The second-order valence-electron chi connectivity index (χ2n) is 5.28. The minimum absolute atomic E-state index is 0.172. The molecule has 3 heterocycles. The molecule has 0 aromatic carbocycles. The molecule has 2 fully saturated rings. The van der Waals surface area contributed by atoms with Crippen LogP contribution in [0.15, 0.2) is 12.3 Å². The quantitative estimate of drug-likeness (QED) is 0.777. The lowest BCUT2D eigenvalue weighted by atomic mass is 10.2. The van der Waals surface area contributed by atoms with Crippen LogP contribution in [0.1, 0.15) is 18.4 Å². The molecule has 2 saturated heterocycles. The third-order valence-electron chi connectivity index (χ3n) is 3.94. The molecule has 0 radical (unpaired) electrons. The van der Waals surface area contributed by atoms with Gasteiger partial charge in [0.05, 0.1) is 24.5 Å². The summed E-state index contributed by atoms with van der Waals surface area (Å²) in [5, 5.41) is 11.2. The topological polar surface area (TPSA) is 76.3 Å². The van der Waals surface area contributed by atoms with Crippen molar-refractivity contribution in [2.24, 2.45) is 5.73 Å². The first-order valence-corrected chi connectivity index (χ1v) is 7.36. The highest BCUT2D eigenvalue weighted by Gasteiger charge is 2.32. The number of thiocarbonyl (C=S) groups is 1. The number of ether oxygens (including phenoxy) is 1. The predicted molar refractivity (Wildman–Crippen MR) is 80.7 cm³/mol. The Balaban J connectivity index is 1.58. The van der Waals surface area contributed by atoms with Gasteiger partial charge in [-0.2, -0.15) is 5.10 Å². The molecule has 6 nitrogen and oxygen atoms in total. The summed E-state index contributed by atoms with van der Waals surface area (Å²) in [6.45, 7) is 3.68. The molecule has 20 heavy (non-hydrogen) atoms. The summed E-state index contributed by atoms with van der Waals surface area (Å²) >= 11 is 5.01. The molecule has 1 aromatic heterocycles. The van der Waals surface area contributed by atoms with E-state index in [1.807, 2.05) is 0 Å². The molecule has 7 heteroatoms. The van der Waals surface area contributed by atoms with Gasteiger partial charge >= 0.3 is 0 Å². The Bertz CT molecular complexity index is 497. The van der Waals surface area contributed by atoms with E-state index in [-0.39, 0.29) is 6.10 Å². The fourth-order valence-electron chi connectivity index (χ4n) is 2.88. The number of hydrogen-bond acceptors (Lipinski definition) is 6. The van der Waals surface area contributed by atoms with Crippen LogP contribution in [0.5, 0.6) is 0 Å². The van der Waals surface area contributed by atoms with E-state index < -0.39 is 0 Å². The van der Waals surface area contributed by atoms with Crippen LogP contribution < -0.4 is 11.1 Å². The van der Waals surface area contributed by atoms with E-state index in [1.54, 1.807) is 12.3 Å². The maximum Gasteiger partial charge on any atom is 0.159 e. The van der Waals surface area contributed by atoms with E-state index in [9.17, 15) is 0 Å². The molecule has 2 aliphatic heterocycles. The Kier molecular flexibility index (Phi) is 4.09. The molecule has 3 N–H and O–H groups in total. The lowest BCUT2D eigenvalue weighted by Gasteiger charge is -2.35. The molecule has 1 aromatic rings. The van der Waals surface area contributed by atoms with Crippen LogP contribution in [0, 0.1) is 0 Å². The third kappa shape index (κ3) is 2.89. The standard InChI is InChI=1S/C13H19N5OS/c14-12(20)11-3-4-16-17-13(11)15-6-10-7-18-5-1-2-9(18)8-19-10/h3-4,9-10H,1-2,5-8H2,(H2,14,20)(H,15,17). The monoisotopic (exact) mass is 293 g/mol. The second kappa shape index (κ2) is 5.99. The Morgan fingerprint density at radius 2 is 2.50 bits per heavy atom. The number of anilines is 1. The van der Waals surface area contributed by atoms with Crippen molar-refractivity contribution in [3.8, 4) is 0 Å². The minimum atomic E-state index is 0.172. The minimum Gasteiger partial charge on any atom is -0.389 e. The van der Waals surface area contributed by atoms with Crippen molar-refractivity contribution < 1.29 is 4.74 Å². The van der Waals surface area contributed by atoms with Gasteiger partial charge in [-0.25, -0.2) is 0 Å². The highest BCUT2D eigenvalue weighted by Crippen LogP contribution is 2.22. The van der Waals surface area contributed by atoms with E-state index in [4.69, 9.17) is 22.7 Å². The van der Waals surface area contributed by atoms with Crippen LogP contribution in [0.4, 0.5) is 5.82 Å². The van der Waals surface area contributed by atoms with Crippen LogP contribution in [-0.2, 0) is 4.74 Å². The van der Waals surface area contributed by atoms with Gasteiger partial charge in [0.25, 0.3) is 0 Å². The maximum atomic E-state index is 5.90. The lowest BCUT2D eigenvalue weighted by molar-refractivity contribution is -0.0416. The molecular weight excluding hydrogens is 274 g/mol. The van der Waals surface area contributed by atoms with Gasteiger partial charge in [-0.15, -0.1) is 5.10 Å². The molecule has 0 bridgehead atoms. The van der Waals surface area contributed by atoms with E-state index in [0.717, 1.165) is 18.7 Å². The lowest BCUT2D eigenvalue weighted by Crippen LogP contribution is -2.48. The first-order valence-electron chi connectivity index (χ1n) is 6.95. The number of fused-ring (bicyclic) bond motifs is 1. The van der Waals surface area contributed by atoms with Gasteiger partial charge in [0.1, 0.15) is 4.99 Å². The Morgan fingerprint density at radius 1 is 1.60 bits per heavy atom. The van der Waals surface area contributed by atoms with Crippen molar-refractivity contribution >= 4 is 23.0 Å². The summed E-state index contributed by atoms with van der Waals surface area (Å²) in [7, 11) is 0. The molecule has 0 amide bonds. The zero-order valence-electron chi connectivity index (χ0n) is 11.3. The molecule has 3 rings (SSSR count). The van der Waals surface area contributed by atoms with Gasteiger partial charge in [-0.05, 0) is 25.5 Å². The number of aromatic nitrogens is 2. The average molecular weight is 293 g/mol. The summed E-state index contributed by atoms with van der Waals surface area (Å²) in [6, 6.07) is 2.39. The van der Waals surface area contributed by atoms with E-state index >= 15 is 0 Å². The number of morpholine rings is 1. The first-order chi connectivity index (χ1) is 9.74. The summed E-state index contributed by atoms with van der Waals surface area (Å²) in [4.78, 5) is 2.84. The SMILES string of the molecule is NC(=S)c1ccnnc1NCC1CN2CCCC2CO1. The van der Waals surface area contributed by atoms with Crippen molar-refractivity contribution in [1.29, 1.82) is 0 Å². The molecule has 2 aliphatic rings. The molecule has 0 saturated carbocycles. The number of hydrogen-bond donors (Lipinski definition) is 2. The largest absolute Gasteiger partial charge is 0.389 e. The molecule has 0 aliphatic carbocycles. The Labute approximate surface area is 123 Å². The average Bonchev–Trinajstić information content (AvgIpc) is 2.92. The molecule has 108 valence electrons. The summed E-state index contributed by atoms with van der Waals surface area (Å²) in [5.74, 6) is 0.632. The summed E-state index contributed by atoms with van der Waals surface area (Å²) in [5.41, 5.74) is 6.40. The number of rotatable bonds is 4. The third-order valence-corrected chi connectivity index (χ3v) is 4.16. The van der Waals surface area contributed by atoms with Gasteiger partial charge in [-0.1, -0.05) is 12.2 Å². The first kappa shape index (κ1) is 13.7. The van der Waals surface area contributed by atoms with Gasteiger partial charge in [0, 0.05) is 19.1 Å². The smallest absolute Gasteiger partial charge is 0.159 e. The van der Waals surface area contributed by atoms with E-state index in [0.29, 0.717) is 23.4 Å². The summed E-state index contributed by atoms with van der Waals surface area (Å²) in [6.07, 6.45) is 4.30. The van der Waals surface area contributed by atoms with Crippen LogP contribution in [-0.4, -0.2) is 58.5 Å². The maximum absolute atomic E-state index is 5.90. The molecule has 0 spiro atoms. The Hall–Kier alpha value is -1.31.